The van der Waals surface area contributed by atoms with Crippen LogP contribution in [0.3, 0.4) is 0 Å². The van der Waals surface area contributed by atoms with E-state index < -0.39 is 35.7 Å². The average Bonchev–Trinajstić information content (AvgIpc) is 3.68. The number of hydrogen-bond acceptors (Lipinski definition) is 9. The van der Waals surface area contributed by atoms with Gasteiger partial charge in [0.05, 0.1) is 11.4 Å². The fourth-order valence-electron chi connectivity index (χ4n) is 5.97. The predicted molar refractivity (Wildman–Crippen MR) is 214 cm³/mol. The highest BCUT2D eigenvalue weighted by Crippen LogP contribution is 2.27. The molecular weight excluding hydrogens is 739 g/mol. The van der Waals surface area contributed by atoms with E-state index in [4.69, 9.17) is 23.2 Å². The number of aromatic nitrogens is 4. The van der Waals surface area contributed by atoms with E-state index in [1.54, 1.807) is 50.2 Å². The smallest absolute Gasteiger partial charge is 0.277 e. The topological polar surface area (TPSA) is 171 Å². The molecule has 0 bridgehead atoms. The van der Waals surface area contributed by atoms with Gasteiger partial charge in [-0.2, -0.15) is 5.10 Å². The molecule has 2 atom stereocenters. The van der Waals surface area contributed by atoms with E-state index in [1.807, 2.05) is 78.9 Å². The summed E-state index contributed by atoms with van der Waals surface area (Å²) in [5.41, 5.74) is 4.69. The van der Waals surface area contributed by atoms with Gasteiger partial charge in [-0.05, 0) is 72.6 Å². The number of carbonyl (C=O) groups excluding carboxylic acids is 4. The number of amides is 4. The maximum atomic E-state index is 13.0. The zero-order valence-electron chi connectivity index (χ0n) is 29.4. The molecule has 4 amide bonds. The van der Waals surface area contributed by atoms with Crippen molar-refractivity contribution in [2.45, 2.75) is 25.9 Å². The third kappa shape index (κ3) is 8.30. The molecule has 0 spiro atoms. The summed E-state index contributed by atoms with van der Waals surface area (Å²) in [6, 6.07) is 32.9. The van der Waals surface area contributed by atoms with Crippen LogP contribution in [0.25, 0.3) is 44.1 Å². The number of imide groups is 2. The lowest BCUT2D eigenvalue weighted by Crippen LogP contribution is -2.41. The molecule has 0 fully saturated rings. The van der Waals surface area contributed by atoms with E-state index in [0.29, 0.717) is 27.8 Å². The van der Waals surface area contributed by atoms with Crippen LogP contribution in [0.2, 0.25) is 10.3 Å². The molecule has 0 aliphatic heterocycles. The summed E-state index contributed by atoms with van der Waals surface area (Å²) in [6.07, 6.45) is 0. The van der Waals surface area contributed by atoms with Crippen LogP contribution >= 0.6 is 23.2 Å². The molecule has 4 aromatic carbocycles. The Bertz CT molecular complexity index is 2420. The van der Waals surface area contributed by atoms with Crippen LogP contribution in [0.5, 0.6) is 0 Å². The SMILES string of the molecule is C[C@H](Nc1ccc(-c2cc(-c3ccc(N[C@@H](C)C(=O)NC(=O)c4nc(Cl)cc5ccccc45)cc3)[nH]n2)cc1)C(=O)NC(=O)c1nc(Cl)cc2ccccc12. The molecular formula is C41H32Cl2N8O4. The van der Waals surface area contributed by atoms with Gasteiger partial charge in [-0.3, -0.25) is 34.9 Å². The molecule has 3 heterocycles. The number of hydrogen-bond donors (Lipinski definition) is 5. The van der Waals surface area contributed by atoms with Gasteiger partial charge in [-0.15, -0.1) is 0 Å². The average molecular weight is 772 g/mol. The number of nitrogens with one attached hydrogen (secondary N) is 5. The Morgan fingerprint density at radius 2 is 1.02 bits per heavy atom. The van der Waals surface area contributed by atoms with E-state index in [2.05, 4.69) is 41.4 Å². The number of carbonyl (C=O) groups is 4. The Labute approximate surface area is 324 Å². The highest BCUT2D eigenvalue weighted by Gasteiger charge is 2.22. The van der Waals surface area contributed by atoms with Crippen molar-refractivity contribution in [1.82, 2.24) is 30.8 Å². The lowest BCUT2D eigenvalue weighted by molar-refractivity contribution is -0.121. The molecule has 274 valence electrons. The number of H-pyrrole nitrogens is 1. The number of pyridine rings is 2. The number of nitrogens with zero attached hydrogens (tertiary/aromatic N) is 3. The van der Waals surface area contributed by atoms with Gasteiger partial charge in [-0.1, -0.05) is 96.0 Å². The van der Waals surface area contributed by atoms with Crippen molar-refractivity contribution in [2.24, 2.45) is 0 Å². The van der Waals surface area contributed by atoms with Crippen molar-refractivity contribution in [3.05, 3.63) is 137 Å². The van der Waals surface area contributed by atoms with E-state index in [9.17, 15) is 19.2 Å². The Morgan fingerprint density at radius 3 is 1.49 bits per heavy atom. The predicted octanol–water partition coefficient (Wildman–Crippen LogP) is 7.66. The molecule has 0 aliphatic rings. The van der Waals surface area contributed by atoms with E-state index in [-0.39, 0.29) is 21.7 Å². The lowest BCUT2D eigenvalue weighted by Gasteiger charge is -2.15. The van der Waals surface area contributed by atoms with Crippen molar-refractivity contribution in [3.8, 4) is 22.5 Å². The standard InChI is InChI=1S/C41H32Cl2N8O4/c1-22(38(52)48-40(54)36-30-9-5-3-7-26(30)19-34(42)46-36)44-28-15-11-24(12-16-28)32-21-33(51-50-32)25-13-17-29(18-14-25)45-23(2)39(53)49-41(55)37-31-10-6-4-8-27(31)20-35(43)47-37/h3-23,44-45H,1-2H3,(H,50,51)(H,48,52,54)(H,49,53,55)/t22-,23-/m0/s1. The second-order valence-electron chi connectivity index (χ2n) is 12.7. The van der Waals surface area contributed by atoms with Crippen molar-refractivity contribution in [3.63, 3.8) is 0 Å². The third-order valence-corrected chi connectivity index (χ3v) is 9.22. The first kappa shape index (κ1) is 36.7. The minimum Gasteiger partial charge on any atom is -0.374 e. The summed E-state index contributed by atoms with van der Waals surface area (Å²) in [4.78, 5) is 60.0. The Hall–Kier alpha value is -6.63. The summed E-state index contributed by atoms with van der Waals surface area (Å²) in [5, 5.41) is 21.6. The molecule has 55 heavy (non-hydrogen) atoms. The Balaban J connectivity index is 0.928. The molecule has 3 aromatic heterocycles. The Kier molecular flexibility index (Phi) is 10.5. The molecule has 0 radical (unpaired) electrons. The number of aromatic amines is 1. The molecule has 7 aromatic rings. The zero-order valence-corrected chi connectivity index (χ0v) is 30.9. The van der Waals surface area contributed by atoms with Crippen LogP contribution in [0.4, 0.5) is 11.4 Å². The Morgan fingerprint density at radius 1 is 0.582 bits per heavy atom. The molecule has 0 saturated heterocycles. The van der Waals surface area contributed by atoms with Crippen LogP contribution in [-0.2, 0) is 9.59 Å². The van der Waals surface area contributed by atoms with Crippen molar-refractivity contribution < 1.29 is 19.2 Å². The molecule has 7 rings (SSSR count). The second kappa shape index (κ2) is 15.8. The van der Waals surface area contributed by atoms with Gasteiger partial charge in [0.15, 0.2) is 0 Å². The minimum atomic E-state index is -0.735. The van der Waals surface area contributed by atoms with Crippen molar-refractivity contribution in [1.29, 1.82) is 0 Å². The maximum absolute atomic E-state index is 13.0. The number of rotatable bonds is 10. The third-order valence-electron chi connectivity index (χ3n) is 8.83. The molecule has 14 heteroatoms. The van der Waals surface area contributed by atoms with Gasteiger partial charge in [0.1, 0.15) is 33.8 Å². The number of fused-ring (bicyclic) bond motifs is 2. The van der Waals surface area contributed by atoms with Crippen LogP contribution < -0.4 is 21.3 Å². The fraction of sp³-hybridized carbons (Fsp3) is 0.0976. The summed E-state index contributed by atoms with van der Waals surface area (Å²) >= 11 is 12.2. The lowest BCUT2D eigenvalue weighted by atomic mass is 10.1. The first-order valence-electron chi connectivity index (χ1n) is 17.1. The number of halogens is 2. The number of benzene rings is 4. The summed E-state index contributed by atoms with van der Waals surface area (Å²) in [6.45, 7) is 3.30. The molecule has 5 N–H and O–H groups in total. The highest BCUT2D eigenvalue weighted by atomic mass is 35.5. The van der Waals surface area contributed by atoms with Gasteiger partial charge >= 0.3 is 0 Å². The normalized spacial score (nSPS) is 12.1. The fourth-order valence-corrected chi connectivity index (χ4v) is 6.37. The molecule has 0 aliphatic carbocycles. The summed E-state index contributed by atoms with van der Waals surface area (Å²) in [7, 11) is 0. The van der Waals surface area contributed by atoms with Crippen molar-refractivity contribution >= 4 is 79.8 Å². The van der Waals surface area contributed by atoms with Crippen LogP contribution in [-0.4, -0.2) is 55.9 Å². The summed E-state index contributed by atoms with van der Waals surface area (Å²) < 4.78 is 0. The monoisotopic (exact) mass is 770 g/mol. The van der Waals surface area contributed by atoms with Gasteiger partial charge in [0.25, 0.3) is 11.8 Å². The second-order valence-corrected chi connectivity index (χ2v) is 13.5. The van der Waals surface area contributed by atoms with Gasteiger partial charge in [-0.25, -0.2) is 9.97 Å². The van der Waals surface area contributed by atoms with E-state index in [0.717, 1.165) is 27.6 Å². The van der Waals surface area contributed by atoms with Crippen molar-refractivity contribution in [2.75, 3.05) is 10.6 Å². The van der Waals surface area contributed by atoms with Gasteiger partial charge in [0, 0.05) is 27.7 Å². The van der Waals surface area contributed by atoms with Gasteiger partial charge in [0.2, 0.25) is 11.8 Å². The van der Waals surface area contributed by atoms with Gasteiger partial charge < -0.3 is 10.6 Å². The largest absolute Gasteiger partial charge is 0.374 e. The first-order chi connectivity index (χ1) is 26.5. The molecule has 12 nitrogen and oxygen atoms in total. The van der Waals surface area contributed by atoms with E-state index in [1.165, 1.54) is 0 Å². The maximum Gasteiger partial charge on any atom is 0.277 e. The highest BCUT2D eigenvalue weighted by molar-refractivity contribution is 6.31. The first-order valence-corrected chi connectivity index (χ1v) is 17.9. The van der Waals surface area contributed by atoms with E-state index >= 15 is 0 Å². The quantitative estimate of drug-likeness (QED) is 0.0876. The minimum absolute atomic E-state index is 0.0744. The number of anilines is 2. The molecule has 0 saturated carbocycles. The molecule has 0 unspecified atom stereocenters. The van der Waals surface area contributed by atoms with Crippen LogP contribution in [0.1, 0.15) is 34.8 Å². The van der Waals surface area contributed by atoms with Crippen LogP contribution in [0, 0.1) is 0 Å². The zero-order chi connectivity index (χ0) is 38.6. The summed E-state index contributed by atoms with van der Waals surface area (Å²) in [5.74, 6) is -2.32. The van der Waals surface area contributed by atoms with Crippen LogP contribution in [0.15, 0.2) is 115 Å².